The minimum absolute atomic E-state index is 0.0451. The fourth-order valence-corrected chi connectivity index (χ4v) is 0.705. The zero-order valence-electron chi connectivity index (χ0n) is 12.2. The van der Waals surface area contributed by atoms with Crippen LogP contribution in [0.2, 0.25) is 0 Å². The molecule has 0 aliphatic carbocycles. The number of esters is 2. The van der Waals surface area contributed by atoms with Gasteiger partial charge in [-0.05, 0) is 13.8 Å². The average Bonchev–Trinajstić information content (AvgIpc) is 2.39. The van der Waals surface area contributed by atoms with E-state index in [-0.39, 0.29) is 26.4 Å². The Hall–Kier alpha value is -1.66. The first-order valence-electron chi connectivity index (χ1n) is 6.23. The minimum atomic E-state index is -0.395. The van der Waals surface area contributed by atoms with Crippen molar-refractivity contribution in [2.24, 2.45) is 0 Å². The molecule has 0 heterocycles. The minimum Gasteiger partial charge on any atom is -0.462 e. The maximum atomic E-state index is 10.6. The number of aliphatic hydroxyl groups excluding tert-OH is 2. The van der Waals surface area contributed by atoms with Crippen LogP contribution in [0.1, 0.15) is 26.7 Å². The van der Waals surface area contributed by atoms with Crippen LogP contribution in [-0.2, 0) is 19.1 Å². The Balaban J connectivity index is 0. The first kappa shape index (κ1) is 20.7. The molecule has 0 radical (unpaired) electrons. The highest BCUT2D eigenvalue weighted by molar-refractivity contribution is 5.87. The van der Waals surface area contributed by atoms with E-state index in [4.69, 9.17) is 10.2 Å². The topological polar surface area (TPSA) is 93.1 Å². The van der Waals surface area contributed by atoms with E-state index in [9.17, 15) is 9.59 Å². The maximum absolute atomic E-state index is 10.6. The average molecular weight is 288 g/mol. The van der Waals surface area contributed by atoms with Crippen LogP contribution in [0.5, 0.6) is 0 Å². The van der Waals surface area contributed by atoms with Crippen LogP contribution in [-0.4, -0.2) is 48.6 Å². The molecule has 0 rings (SSSR count). The highest BCUT2D eigenvalue weighted by Crippen LogP contribution is 1.93. The lowest BCUT2D eigenvalue weighted by Gasteiger charge is -2.00. The number of aliphatic hydroxyl groups is 2. The molecule has 0 aromatic carbocycles. The third-order valence-corrected chi connectivity index (χ3v) is 1.77. The lowest BCUT2D eigenvalue weighted by Crippen LogP contribution is -2.06. The summed E-state index contributed by atoms with van der Waals surface area (Å²) in [6.07, 6.45) is 0.970. The summed E-state index contributed by atoms with van der Waals surface area (Å²) in [5, 5.41) is 16.6. The van der Waals surface area contributed by atoms with Gasteiger partial charge in [-0.15, -0.1) is 0 Å². The van der Waals surface area contributed by atoms with Gasteiger partial charge in [0.25, 0.3) is 0 Å². The molecule has 2 N–H and O–H groups in total. The summed E-state index contributed by atoms with van der Waals surface area (Å²) in [4.78, 5) is 21.2. The van der Waals surface area contributed by atoms with E-state index in [1.807, 2.05) is 0 Å². The summed E-state index contributed by atoms with van der Waals surface area (Å²) in [6.45, 7) is 10.6. The highest BCUT2D eigenvalue weighted by atomic mass is 16.5. The molecular formula is C14H24O6. The summed E-state index contributed by atoms with van der Waals surface area (Å²) < 4.78 is 9.29. The molecule has 20 heavy (non-hydrogen) atoms. The molecule has 0 bridgehead atoms. The van der Waals surface area contributed by atoms with Gasteiger partial charge in [-0.2, -0.15) is 0 Å². The summed E-state index contributed by atoms with van der Waals surface area (Å²) in [5.74, 6) is -0.790. The molecule has 0 fully saturated rings. The van der Waals surface area contributed by atoms with Crippen molar-refractivity contribution < 1.29 is 29.3 Å². The fraction of sp³-hybridized carbons (Fsp3) is 0.571. The molecule has 0 atom stereocenters. The maximum Gasteiger partial charge on any atom is 0.333 e. The third-order valence-electron chi connectivity index (χ3n) is 1.77. The van der Waals surface area contributed by atoms with Gasteiger partial charge in [0, 0.05) is 37.2 Å². The summed E-state index contributed by atoms with van der Waals surface area (Å²) in [5.41, 5.74) is 0.774. The molecule has 0 aliphatic heterocycles. The second kappa shape index (κ2) is 13.8. The second-order valence-corrected chi connectivity index (χ2v) is 3.99. The lowest BCUT2D eigenvalue weighted by molar-refractivity contribution is -0.140. The standard InChI is InChI=1S/2C7H12O3/c2*1-6(2)7(9)10-5-3-4-8/h2*8H,1,3-5H2,2H3. The Morgan fingerprint density at radius 3 is 1.35 bits per heavy atom. The number of hydrogen-bond acceptors (Lipinski definition) is 6. The van der Waals surface area contributed by atoms with Crippen molar-refractivity contribution in [2.45, 2.75) is 26.7 Å². The Kier molecular flexibility index (Phi) is 14.2. The van der Waals surface area contributed by atoms with Gasteiger partial charge in [-0.3, -0.25) is 0 Å². The van der Waals surface area contributed by atoms with E-state index >= 15 is 0 Å². The van der Waals surface area contributed by atoms with Crippen molar-refractivity contribution in [2.75, 3.05) is 26.4 Å². The molecule has 6 heteroatoms. The first-order chi connectivity index (χ1) is 9.36. The lowest BCUT2D eigenvalue weighted by atomic mass is 10.4. The van der Waals surface area contributed by atoms with Crippen LogP contribution in [0.3, 0.4) is 0 Å². The molecule has 0 aromatic heterocycles. The Labute approximate surface area is 119 Å². The SMILES string of the molecule is C=C(C)C(=O)OCCCO.C=C(C)C(=O)OCCCO. The normalized spacial score (nSPS) is 9.00. The smallest absolute Gasteiger partial charge is 0.333 e. The summed E-state index contributed by atoms with van der Waals surface area (Å²) in [7, 11) is 0. The molecular weight excluding hydrogens is 264 g/mol. The van der Waals surface area contributed by atoms with Gasteiger partial charge in [0.1, 0.15) is 0 Å². The highest BCUT2D eigenvalue weighted by Gasteiger charge is 2.01. The van der Waals surface area contributed by atoms with Gasteiger partial charge >= 0.3 is 11.9 Å². The number of rotatable bonds is 8. The largest absolute Gasteiger partial charge is 0.462 e. The first-order valence-corrected chi connectivity index (χ1v) is 6.23. The van der Waals surface area contributed by atoms with Crippen LogP contribution >= 0.6 is 0 Å². The summed E-state index contributed by atoms with van der Waals surface area (Å²) in [6, 6.07) is 0. The van der Waals surface area contributed by atoms with Crippen LogP contribution in [0.15, 0.2) is 24.3 Å². The Bertz CT molecular complexity index is 290. The predicted molar refractivity (Wildman–Crippen MR) is 75.0 cm³/mol. The van der Waals surface area contributed by atoms with Crippen molar-refractivity contribution in [3.05, 3.63) is 24.3 Å². The van der Waals surface area contributed by atoms with Crippen molar-refractivity contribution in [1.29, 1.82) is 0 Å². The van der Waals surface area contributed by atoms with Crippen molar-refractivity contribution >= 4 is 11.9 Å². The molecule has 116 valence electrons. The van der Waals surface area contributed by atoms with Gasteiger partial charge in [0.15, 0.2) is 0 Å². The van der Waals surface area contributed by atoms with E-state index in [1.165, 1.54) is 0 Å². The van der Waals surface area contributed by atoms with Gasteiger partial charge in [-0.25, -0.2) is 9.59 Å². The van der Waals surface area contributed by atoms with Crippen LogP contribution in [0, 0.1) is 0 Å². The van der Waals surface area contributed by atoms with Crippen LogP contribution in [0.25, 0.3) is 0 Å². The van der Waals surface area contributed by atoms with Gasteiger partial charge < -0.3 is 19.7 Å². The summed E-state index contributed by atoms with van der Waals surface area (Å²) >= 11 is 0. The van der Waals surface area contributed by atoms with Crippen LogP contribution < -0.4 is 0 Å². The quantitative estimate of drug-likeness (QED) is 0.393. The van der Waals surface area contributed by atoms with E-state index < -0.39 is 11.9 Å². The molecule has 0 aromatic rings. The molecule has 0 unspecified atom stereocenters. The number of hydrogen-bond donors (Lipinski definition) is 2. The zero-order chi connectivity index (χ0) is 16.0. The molecule has 0 saturated heterocycles. The molecule has 0 saturated carbocycles. The zero-order valence-corrected chi connectivity index (χ0v) is 12.2. The Morgan fingerprint density at radius 1 is 0.850 bits per heavy atom. The third kappa shape index (κ3) is 14.4. The molecule has 0 spiro atoms. The second-order valence-electron chi connectivity index (χ2n) is 3.99. The van der Waals surface area contributed by atoms with E-state index in [0.717, 1.165) is 0 Å². The van der Waals surface area contributed by atoms with Crippen LogP contribution in [0.4, 0.5) is 0 Å². The number of ether oxygens (including phenoxy) is 2. The van der Waals surface area contributed by atoms with Crippen molar-refractivity contribution in [3.8, 4) is 0 Å². The fourth-order valence-electron chi connectivity index (χ4n) is 0.705. The van der Waals surface area contributed by atoms with E-state index in [2.05, 4.69) is 22.6 Å². The number of carbonyl (C=O) groups excluding carboxylic acids is 2. The molecule has 0 aliphatic rings. The van der Waals surface area contributed by atoms with Gasteiger partial charge in [0.05, 0.1) is 13.2 Å². The molecule has 0 amide bonds. The Morgan fingerprint density at radius 2 is 1.15 bits per heavy atom. The number of carbonyl (C=O) groups is 2. The van der Waals surface area contributed by atoms with E-state index in [1.54, 1.807) is 13.8 Å². The van der Waals surface area contributed by atoms with Gasteiger partial charge in [-0.1, -0.05) is 13.2 Å². The monoisotopic (exact) mass is 288 g/mol. The van der Waals surface area contributed by atoms with Crippen molar-refractivity contribution in [3.63, 3.8) is 0 Å². The van der Waals surface area contributed by atoms with Gasteiger partial charge in [0.2, 0.25) is 0 Å². The van der Waals surface area contributed by atoms with E-state index in [0.29, 0.717) is 24.0 Å². The predicted octanol–water partition coefficient (Wildman–Crippen LogP) is 0.976. The van der Waals surface area contributed by atoms with Crippen molar-refractivity contribution in [1.82, 2.24) is 0 Å². The molecule has 6 nitrogen and oxygen atoms in total.